The normalized spacial score (nSPS) is 14.5. The number of hydrogen-bond acceptors (Lipinski definition) is 3. The van der Waals surface area contributed by atoms with Gasteiger partial charge in [0.15, 0.2) is 8.32 Å². The second kappa shape index (κ2) is 6.54. The van der Waals surface area contributed by atoms with Crippen LogP contribution in [0.3, 0.4) is 0 Å². The van der Waals surface area contributed by atoms with Crippen LogP contribution in [0.4, 0.5) is 0 Å². The molecule has 0 saturated carbocycles. The lowest BCUT2D eigenvalue weighted by Gasteiger charge is -2.38. The molecule has 4 heteroatoms. The Morgan fingerprint density at radius 3 is 2.24 bits per heavy atom. The van der Waals surface area contributed by atoms with Crippen molar-refractivity contribution in [2.24, 2.45) is 0 Å². The molecule has 0 heterocycles. The molecule has 0 aromatic carbocycles. The molecule has 0 fully saturated rings. The smallest absolute Gasteiger partial charge is 0.305 e. The SMILES string of the molecule is COC(=O)CCC[C@H](C)O[Si](C)(C)C(C)(C)C. The van der Waals surface area contributed by atoms with E-state index in [0.29, 0.717) is 6.42 Å². The lowest BCUT2D eigenvalue weighted by atomic mass is 10.2. The summed E-state index contributed by atoms with van der Waals surface area (Å²) >= 11 is 0. The first-order valence-electron chi connectivity index (χ1n) is 6.35. The topological polar surface area (TPSA) is 35.5 Å². The fourth-order valence-electron chi connectivity index (χ4n) is 1.37. The van der Waals surface area contributed by atoms with Crippen molar-refractivity contribution in [2.45, 2.75) is 71.2 Å². The molecular weight excluding hydrogens is 232 g/mol. The molecule has 17 heavy (non-hydrogen) atoms. The fourth-order valence-corrected chi connectivity index (χ4v) is 2.85. The van der Waals surface area contributed by atoms with Gasteiger partial charge in [-0.1, -0.05) is 20.8 Å². The van der Waals surface area contributed by atoms with Gasteiger partial charge < -0.3 is 9.16 Å². The van der Waals surface area contributed by atoms with E-state index in [1.165, 1.54) is 7.11 Å². The summed E-state index contributed by atoms with van der Waals surface area (Å²) in [5.41, 5.74) is 0. The zero-order valence-electron chi connectivity index (χ0n) is 12.4. The van der Waals surface area contributed by atoms with E-state index in [4.69, 9.17) is 4.43 Å². The highest BCUT2D eigenvalue weighted by Crippen LogP contribution is 2.37. The highest BCUT2D eigenvalue weighted by atomic mass is 28.4. The summed E-state index contributed by atoms with van der Waals surface area (Å²) in [4.78, 5) is 11.0. The summed E-state index contributed by atoms with van der Waals surface area (Å²) in [7, 11) is -0.241. The maximum atomic E-state index is 11.0. The average Bonchev–Trinajstić information content (AvgIpc) is 2.14. The first-order valence-corrected chi connectivity index (χ1v) is 9.25. The number of carbonyl (C=O) groups excluding carboxylic acids is 1. The van der Waals surface area contributed by atoms with Crippen molar-refractivity contribution in [3.8, 4) is 0 Å². The second-order valence-corrected chi connectivity index (χ2v) is 10.9. The Morgan fingerprint density at radius 2 is 1.82 bits per heavy atom. The first kappa shape index (κ1) is 16.6. The molecule has 0 unspecified atom stereocenters. The molecule has 0 rings (SSSR count). The zero-order valence-corrected chi connectivity index (χ0v) is 13.4. The number of rotatable bonds is 6. The van der Waals surface area contributed by atoms with E-state index < -0.39 is 8.32 Å². The van der Waals surface area contributed by atoms with Crippen LogP contribution in [0, 0.1) is 0 Å². The number of ether oxygens (including phenoxy) is 1. The third-order valence-electron chi connectivity index (χ3n) is 3.52. The van der Waals surface area contributed by atoms with Gasteiger partial charge in [-0.05, 0) is 37.9 Å². The van der Waals surface area contributed by atoms with E-state index in [2.05, 4.69) is 45.5 Å². The van der Waals surface area contributed by atoms with E-state index in [1.807, 2.05) is 0 Å². The fraction of sp³-hybridized carbons (Fsp3) is 0.923. The monoisotopic (exact) mass is 260 g/mol. The molecule has 0 aromatic heterocycles. The molecule has 0 N–H and O–H groups in total. The van der Waals surface area contributed by atoms with Crippen molar-refractivity contribution in [2.75, 3.05) is 7.11 Å². The molecule has 0 radical (unpaired) electrons. The average molecular weight is 260 g/mol. The largest absolute Gasteiger partial charge is 0.469 e. The summed E-state index contributed by atoms with van der Waals surface area (Å²) in [5, 5.41) is 0.240. The summed E-state index contributed by atoms with van der Waals surface area (Å²) < 4.78 is 10.8. The van der Waals surface area contributed by atoms with Crippen LogP contribution in [0.5, 0.6) is 0 Å². The van der Waals surface area contributed by atoms with Crippen LogP contribution >= 0.6 is 0 Å². The van der Waals surface area contributed by atoms with Gasteiger partial charge in [0, 0.05) is 12.5 Å². The molecule has 0 aromatic rings. The second-order valence-electron chi connectivity index (χ2n) is 6.16. The molecule has 0 aliphatic heterocycles. The Hall–Kier alpha value is -0.353. The quantitative estimate of drug-likeness (QED) is 0.539. The molecule has 0 amide bonds. The predicted molar refractivity (Wildman–Crippen MR) is 73.6 cm³/mol. The molecule has 102 valence electrons. The molecule has 0 aliphatic carbocycles. The maximum Gasteiger partial charge on any atom is 0.305 e. The highest BCUT2D eigenvalue weighted by molar-refractivity contribution is 6.74. The van der Waals surface area contributed by atoms with E-state index >= 15 is 0 Å². The summed E-state index contributed by atoms with van der Waals surface area (Å²) in [6, 6.07) is 0. The number of esters is 1. The molecule has 0 bridgehead atoms. The van der Waals surface area contributed by atoms with Crippen LogP contribution in [-0.2, 0) is 14.0 Å². The van der Waals surface area contributed by atoms with Crippen molar-refractivity contribution < 1.29 is 14.0 Å². The van der Waals surface area contributed by atoms with E-state index in [0.717, 1.165) is 12.8 Å². The van der Waals surface area contributed by atoms with Crippen LogP contribution in [0.15, 0.2) is 0 Å². The Kier molecular flexibility index (Phi) is 6.41. The minimum atomic E-state index is -1.67. The van der Waals surface area contributed by atoms with Crippen molar-refractivity contribution in [1.29, 1.82) is 0 Å². The van der Waals surface area contributed by atoms with E-state index in [1.54, 1.807) is 0 Å². The van der Waals surface area contributed by atoms with Crippen molar-refractivity contribution in [1.82, 2.24) is 0 Å². The van der Waals surface area contributed by atoms with Gasteiger partial charge in [-0.15, -0.1) is 0 Å². The van der Waals surface area contributed by atoms with Gasteiger partial charge in [-0.25, -0.2) is 0 Å². The van der Waals surface area contributed by atoms with Crippen LogP contribution in [-0.4, -0.2) is 27.5 Å². The summed E-state index contributed by atoms with van der Waals surface area (Å²) in [6.45, 7) is 13.3. The number of carbonyl (C=O) groups is 1. The molecular formula is C13H28O3Si. The van der Waals surface area contributed by atoms with Gasteiger partial charge in [-0.3, -0.25) is 4.79 Å². The summed E-state index contributed by atoms with van der Waals surface area (Å²) in [5.74, 6) is -0.135. The lowest BCUT2D eigenvalue weighted by molar-refractivity contribution is -0.140. The minimum absolute atomic E-state index is 0.135. The Bertz CT molecular complexity index is 244. The standard InChI is InChI=1S/C13H28O3Si/c1-11(9-8-10-12(14)15-5)16-17(6,7)13(2,3)4/h11H,8-10H2,1-7H3/t11-/m0/s1. The summed E-state index contributed by atoms with van der Waals surface area (Å²) in [6.07, 6.45) is 2.46. The maximum absolute atomic E-state index is 11.0. The molecule has 0 saturated heterocycles. The van der Waals surface area contributed by atoms with Crippen LogP contribution in [0.2, 0.25) is 18.1 Å². The molecule has 0 spiro atoms. The third kappa shape index (κ3) is 6.22. The van der Waals surface area contributed by atoms with Gasteiger partial charge in [0.1, 0.15) is 0 Å². The van der Waals surface area contributed by atoms with Crippen LogP contribution in [0.1, 0.15) is 47.0 Å². The lowest BCUT2D eigenvalue weighted by Crippen LogP contribution is -2.43. The third-order valence-corrected chi connectivity index (χ3v) is 8.13. The highest BCUT2D eigenvalue weighted by Gasteiger charge is 2.38. The van der Waals surface area contributed by atoms with Gasteiger partial charge in [-0.2, -0.15) is 0 Å². The van der Waals surface area contributed by atoms with Crippen molar-refractivity contribution >= 4 is 14.3 Å². The van der Waals surface area contributed by atoms with Gasteiger partial charge in [0.25, 0.3) is 0 Å². The first-order chi connectivity index (χ1) is 7.60. The predicted octanol–water partition coefficient (Wildman–Crippen LogP) is 3.74. The van der Waals surface area contributed by atoms with Gasteiger partial charge in [0.05, 0.1) is 7.11 Å². The van der Waals surface area contributed by atoms with E-state index in [-0.39, 0.29) is 17.1 Å². The van der Waals surface area contributed by atoms with Crippen LogP contribution < -0.4 is 0 Å². The van der Waals surface area contributed by atoms with Gasteiger partial charge in [0.2, 0.25) is 0 Å². The van der Waals surface area contributed by atoms with Crippen LogP contribution in [0.25, 0.3) is 0 Å². The zero-order chi connectivity index (χ0) is 13.7. The van der Waals surface area contributed by atoms with E-state index in [9.17, 15) is 4.79 Å². The van der Waals surface area contributed by atoms with Gasteiger partial charge >= 0.3 is 5.97 Å². The molecule has 1 atom stereocenters. The molecule has 3 nitrogen and oxygen atoms in total. The Morgan fingerprint density at radius 1 is 1.29 bits per heavy atom. The Labute approximate surface area is 107 Å². The minimum Gasteiger partial charge on any atom is -0.469 e. The van der Waals surface area contributed by atoms with Crippen molar-refractivity contribution in [3.63, 3.8) is 0 Å². The number of hydrogen-bond donors (Lipinski definition) is 0. The Balaban J connectivity index is 4.02. The molecule has 0 aliphatic rings. The van der Waals surface area contributed by atoms with Crippen molar-refractivity contribution in [3.05, 3.63) is 0 Å². The number of methoxy groups -OCH3 is 1.